The summed E-state index contributed by atoms with van der Waals surface area (Å²) in [6, 6.07) is 0.407. The van der Waals surface area contributed by atoms with Crippen molar-refractivity contribution in [3.8, 4) is 0 Å². The van der Waals surface area contributed by atoms with Crippen LogP contribution in [0.1, 0.15) is 27.2 Å². The molecule has 0 heterocycles. The van der Waals surface area contributed by atoms with E-state index < -0.39 is 0 Å². The Morgan fingerprint density at radius 1 is 1.40 bits per heavy atom. The first-order chi connectivity index (χ1) is 6.97. The molecule has 1 unspecified atom stereocenters. The molecule has 90 valence electrons. The summed E-state index contributed by atoms with van der Waals surface area (Å²) in [5.74, 6) is 0.616. The number of nitrogens with zero attached hydrogens (tertiary/aromatic N) is 1. The van der Waals surface area contributed by atoms with Gasteiger partial charge in [-0.15, -0.1) is 0 Å². The summed E-state index contributed by atoms with van der Waals surface area (Å²) < 4.78 is 0. The molecule has 0 aliphatic heterocycles. The van der Waals surface area contributed by atoms with Crippen molar-refractivity contribution in [3.63, 3.8) is 0 Å². The number of aliphatic hydroxyl groups excluding tert-OH is 1. The highest BCUT2D eigenvalue weighted by Gasteiger charge is 2.13. The molecule has 15 heavy (non-hydrogen) atoms. The Morgan fingerprint density at radius 3 is 2.47 bits per heavy atom. The highest BCUT2D eigenvalue weighted by molar-refractivity contribution is 5.77. The monoisotopic (exact) mass is 216 g/mol. The van der Waals surface area contributed by atoms with Crippen molar-refractivity contribution in [2.24, 2.45) is 5.92 Å². The zero-order chi connectivity index (χ0) is 11.8. The van der Waals surface area contributed by atoms with E-state index in [0.29, 0.717) is 25.0 Å². The molecule has 0 aromatic carbocycles. The molecule has 0 radical (unpaired) electrons. The van der Waals surface area contributed by atoms with Gasteiger partial charge in [-0.1, -0.05) is 13.8 Å². The molecular weight excluding hydrogens is 192 g/mol. The summed E-state index contributed by atoms with van der Waals surface area (Å²) in [5.41, 5.74) is 0. The van der Waals surface area contributed by atoms with Gasteiger partial charge in [-0.05, 0) is 26.3 Å². The van der Waals surface area contributed by atoms with Gasteiger partial charge in [0.2, 0.25) is 5.91 Å². The van der Waals surface area contributed by atoms with E-state index in [4.69, 9.17) is 5.11 Å². The van der Waals surface area contributed by atoms with Gasteiger partial charge in [0, 0.05) is 12.6 Å². The third-order valence-corrected chi connectivity index (χ3v) is 2.39. The summed E-state index contributed by atoms with van der Waals surface area (Å²) >= 11 is 0. The zero-order valence-electron chi connectivity index (χ0n) is 10.3. The van der Waals surface area contributed by atoms with E-state index in [2.05, 4.69) is 26.1 Å². The SMILES string of the molecule is CC(C)CC(C)N(C)CC(=O)NCCO. The molecule has 4 heteroatoms. The molecule has 0 fully saturated rings. The Labute approximate surface area is 92.7 Å². The lowest BCUT2D eigenvalue weighted by Crippen LogP contribution is -2.40. The van der Waals surface area contributed by atoms with E-state index in [1.165, 1.54) is 0 Å². The van der Waals surface area contributed by atoms with Crippen LogP contribution in [0.5, 0.6) is 0 Å². The van der Waals surface area contributed by atoms with Gasteiger partial charge in [-0.3, -0.25) is 9.69 Å². The van der Waals surface area contributed by atoms with Crippen LogP contribution in [0.4, 0.5) is 0 Å². The van der Waals surface area contributed by atoms with Gasteiger partial charge in [-0.25, -0.2) is 0 Å². The number of amides is 1. The van der Waals surface area contributed by atoms with Gasteiger partial charge in [0.1, 0.15) is 0 Å². The summed E-state index contributed by atoms with van der Waals surface area (Å²) in [5, 5.41) is 11.2. The highest BCUT2D eigenvalue weighted by Crippen LogP contribution is 2.08. The van der Waals surface area contributed by atoms with Gasteiger partial charge in [-0.2, -0.15) is 0 Å². The zero-order valence-corrected chi connectivity index (χ0v) is 10.3. The molecule has 0 aromatic heterocycles. The van der Waals surface area contributed by atoms with Crippen LogP contribution in [0.25, 0.3) is 0 Å². The molecule has 1 amide bonds. The maximum Gasteiger partial charge on any atom is 0.234 e. The minimum Gasteiger partial charge on any atom is -0.395 e. The lowest BCUT2D eigenvalue weighted by Gasteiger charge is -2.25. The van der Waals surface area contributed by atoms with Crippen LogP contribution >= 0.6 is 0 Å². The molecule has 0 saturated heterocycles. The Balaban J connectivity index is 3.79. The number of likely N-dealkylation sites (N-methyl/N-ethyl adjacent to an activating group) is 1. The molecule has 4 nitrogen and oxygen atoms in total. The second-order valence-corrected chi connectivity index (χ2v) is 4.47. The molecule has 0 spiro atoms. The lowest BCUT2D eigenvalue weighted by molar-refractivity contribution is -0.122. The molecule has 0 bridgehead atoms. The van der Waals surface area contributed by atoms with Gasteiger partial charge < -0.3 is 10.4 Å². The fourth-order valence-electron chi connectivity index (χ4n) is 1.50. The number of nitrogens with one attached hydrogen (secondary N) is 1. The average molecular weight is 216 g/mol. The second kappa shape index (κ2) is 7.65. The number of carbonyl (C=O) groups is 1. The standard InChI is InChI=1S/C11H24N2O2/c1-9(2)7-10(3)13(4)8-11(15)12-5-6-14/h9-10,14H,5-8H2,1-4H3,(H,12,15). The molecule has 2 N–H and O–H groups in total. The van der Waals surface area contributed by atoms with E-state index in [1.807, 2.05) is 11.9 Å². The van der Waals surface area contributed by atoms with E-state index >= 15 is 0 Å². The van der Waals surface area contributed by atoms with Crippen LogP contribution < -0.4 is 5.32 Å². The van der Waals surface area contributed by atoms with E-state index in [1.54, 1.807) is 0 Å². The topological polar surface area (TPSA) is 52.6 Å². The highest BCUT2D eigenvalue weighted by atomic mass is 16.3. The van der Waals surface area contributed by atoms with Crippen molar-refractivity contribution >= 4 is 5.91 Å². The van der Waals surface area contributed by atoms with Gasteiger partial charge >= 0.3 is 0 Å². The van der Waals surface area contributed by atoms with Crippen LogP contribution in [-0.4, -0.2) is 48.7 Å². The predicted molar refractivity (Wildman–Crippen MR) is 61.6 cm³/mol. The Hall–Kier alpha value is -0.610. The van der Waals surface area contributed by atoms with Crippen LogP contribution in [0.2, 0.25) is 0 Å². The normalized spacial score (nSPS) is 13.3. The number of carbonyl (C=O) groups excluding carboxylic acids is 1. The van der Waals surface area contributed by atoms with E-state index in [-0.39, 0.29) is 12.5 Å². The molecular formula is C11H24N2O2. The summed E-state index contributed by atoms with van der Waals surface area (Å²) in [4.78, 5) is 13.4. The first-order valence-corrected chi connectivity index (χ1v) is 5.55. The quantitative estimate of drug-likeness (QED) is 0.650. The third-order valence-electron chi connectivity index (χ3n) is 2.39. The fourth-order valence-corrected chi connectivity index (χ4v) is 1.50. The number of aliphatic hydroxyl groups is 1. The Bertz CT molecular complexity index is 183. The van der Waals surface area contributed by atoms with Gasteiger partial charge in [0.15, 0.2) is 0 Å². The third kappa shape index (κ3) is 7.33. The summed E-state index contributed by atoms with van der Waals surface area (Å²) in [7, 11) is 1.95. The number of hydrogen-bond donors (Lipinski definition) is 2. The average Bonchev–Trinajstić information content (AvgIpc) is 2.13. The minimum atomic E-state index is -0.0258. The van der Waals surface area contributed by atoms with Crippen LogP contribution in [0, 0.1) is 5.92 Å². The first-order valence-electron chi connectivity index (χ1n) is 5.55. The smallest absolute Gasteiger partial charge is 0.234 e. The largest absolute Gasteiger partial charge is 0.395 e. The summed E-state index contributed by atoms with van der Waals surface area (Å²) in [6.45, 7) is 7.21. The number of hydrogen-bond acceptors (Lipinski definition) is 3. The maximum absolute atomic E-state index is 11.3. The Morgan fingerprint density at radius 2 is 2.00 bits per heavy atom. The van der Waals surface area contributed by atoms with Crippen molar-refractivity contribution in [3.05, 3.63) is 0 Å². The molecule has 0 aliphatic carbocycles. The Kier molecular flexibility index (Phi) is 7.34. The lowest BCUT2D eigenvalue weighted by atomic mass is 10.0. The molecule has 0 saturated carbocycles. The van der Waals surface area contributed by atoms with Crippen molar-refractivity contribution in [1.82, 2.24) is 10.2 Å². The molecule has 1 atom stereocenters. The van der Waals surface area contributed by atoms with Crippen LogP contribution in [-0.2, 0) is 4.79 Å². The van der Waals surface area contributed by atoms with E-state index in [0.717, 1.165) is 6.42 Å². The van der Waals surface area contributed by atoms with Crippen LogP contribution in [0.3, 0.4) is 0 Å². The van der Waals surface area contributed by atoms with Crippen molar-refractivity contribution in [2.45, 2.75) is 33.2 Å². The molecule has 0 aliphatic rings. The van der Waals surface area contributed by atoms with Gasteiger partial charge in [0.25, 0.3) is 0 Å². The van der Waals surface area contributed by atoms with Crippen LogP contribution in [0.15, 0.2) is 0 Å². The molecule has 0 rings (SSSR count). The van der Waals surface area contributed by atoms with Gasteiger partial charge in [0.05, 0.1) is 13.2 Å². The number of rotatable bonds is 7. The fraction of sp³-hybridized carbons (Fsp3) is 0.909. The second-order valence-electron chi connectivity index (χ2n) is 4.47. The van der Waals surface area contributed by atoms with Crippen molar-refractivity contribution < 1.29 is 9.90 Å². The molecule has 0 aromatic rings. The maximum atomic E-state index is 11.3. The van der Waals surface area contributed by atoms with E-state index in [9.17, 15) is 4.79 Å². The predicted octanol–water partition coefficient (Wildman–Crippen LogP) is 0.461. The minimum absolute atomic E-state index is 0.00297. The summed E-state index contributed by atoms with van der Waals surface area (Å²) in [6.07, 6.45) is 1.09. The van der Waals surface area contributed by atoms with Crippen molar-refractivity contribution in [2.75, 3.05) is 26.7 Å². The van der Waals surface area contributed by atoms with Crippen molar-refractivity contribution in [1.29, 1.82) is 0 Å². The first kappa shape index (κ1) is 14.4.